The van der Waals surface area contributed by atoms with Gasteiger partial charge in [0.25, 0.3) is 5.91 Å². The summed E-state index contributed by atoms with van der Waals surface area (Å²) in [6, 6.07) is 11.5. The lowest BCUT2D eigenvalue weighted by atomic mass is 10.2. The summed E-state index contributed by atoms with van der Waals surface area (Å²) in [6.45, 7) is 2.82. The highest BCUT2D eigenvalue weighted by Gasteiger charge is 2.23. The summed E-state index contributed by atoms with van der Waals surface area (Å²) in [5.41, 5.74) is 0. The molecule has 1 fully saturated rings. The molecule has 1 aromatic heterocycles. The van der Waals surface area contributed by atoms with E-state index in [1.165, 1.54) is 30.6 Å². The lowest BCUT2D eigenvalue weighted by molar-refractivity contribution is -0.123. The van der Waals surface area contributed by atoms with Crippen molar-refractivity contribution in [3.05, 3.63) is 51.7 Å². The third-order valence-electron chi connectivity index (χ3n) is 4.63. The van der Waals surface area contributed by atoms with Crippen molar-refractivity contribution >= 4 is 41.3 Å². The van der Waals surface area contributed by atoms with Crippen molar-refractivity contribution in [2.24, 2.45) is 0 Å². The van der Waals surface area contributed by atoms with E-state index in [4.69, 9.17) is 16.3 Å². The zero-order valence-corrected chi connectivity index (χ0v) is 17.6. The van der Waals surface area contributed by atoms with Crippen molar-refractivity contribution < 1.29 is 9.53 Å². The van der Waals surface area contributed by atoms with Gasteiger partial charge in [0.1, 0.15) is 5.75 Å². The molecule has 148 valence electrons. The third-order valence-corrected chi connectivity index (χ3v) is 5.85. The van der Waals surface area contributed by atoms with Gasteiger partial charge in [-0.2, -0.15) is 0 Å². The molecule has 1 aliphatic rings. The van der Waals surface area contributed by atoms with Crippen LogP contribution < -0.4 is 10.1 Å². The second-order valence-corrected chi connectivity index (χ2v) is 7.94. The van der Waals surface area contributed by atoms with Gasteiger partial charge >= 0.3 is 0 Å². The third kappa shape index (κ3) is 7.00. The van der Waals surface area contributed by atoms with Gasteiger partial charge in [0, 0.05) is 16.4 Å². The Bertz CT molecular complexity index is 672. The number of ether oxygens (including phenoxy) is 1. The molecule has 1 aliphatic heterocycles. The Morgan fingerprint density at radius 2 is 1.85 bits per heavy atom. The number of rotatable bonds is 7. The van der Waals surface area contributed by atoms with Crippen LogP contribution in [0.15, 0.2) is 41.8 Å². The zero-order valence-electron chi connectivity index (χ0n) is 15.2. The first-order chi connectivity index (χ1) is 12.7. The van der Waals surface area contributed by atoms with Crippen LogP contribution in [-0.4, -0.2) is 37.0 Å². The largest absolute Gasteiger partial charge is 0.484 e. The van der Waals surface area contributed by atoms with Crippen LogP contribution in [0.3, 0.4) is 0 Å². The fraction of sp³-hybridized carbons (Fsp3) is 0.450. The summed E-state index contributed by atoms with van der Waals surface area (Å²) in [6.07, 6.45) is 5.06. The minimum absolute atomic E-state index is 0. The molecule has 1 aromatic carbocycles. The fourth-order valence-corrected chi connectivity index (χ4v) is 4.23. The van der Waals surface area contributed by atoms with Crippen molar-refractivity contribution in [2.75, 3.05) is 26.2 Å². The second kappa shape index (κ2) is 11.5. The van der Waals surface area contributed by atoms with E-state index in [0.717, 1.165) is 13.1 Å². The number of nitrogens with zero attached hydrogens (tertiary/aromatic N) is 1. The standard InChI is InChI=1S/C20H25ClN2O2S.ClH/c21-16-7-9-17(10-8-16)25-15-20(24)22-14-18(19-6-5-13-26-19)23-11-3-1-2-4-12-23;/h5-10,13,18H,1-4,11-12,14-15H2,(H,22,24);1H. The van der Waals surface area contributed by atoms with E-state index in [1.54, 1.807) is 35.6 Å². The molecule has 7 heteroatoms. The Labute approximate surface area is 176 Å². The van der Waals surface area contributed by atoms with Crippen LogP contribution in [0.4, 0.5) is 0 Å². The van der Waals surface area contributed by atoms with Gasteiger partial charge in [0.05, 0.1) is 6.04 Å². The number of carbonyl (C=O) groups is 1. The highest BCUT2D eigenvalue weighted by Crippen LogP contribution is 2.27. The maximum Gasteiger partial charge on any atom is 0.258 e. The molecule has 0 aliphatic carbocycles. The van der Waals surface area contributed by atoms with E-state index >= 15 is 0 Å². The SMILES string of the molecule is Cl.O=C(COc1ccc(Cl)cc1)NCC(c1cccs1)N1CCCCCC1. The topological polar surface area (TPSA) is 41.6 Å². The number of benzene rings is 1. The molecule has 27 heavy (non-hydrogen) atoms. The average Bonchev–Trinajstić information content (AvgIpc) is 3.04. The monoisotopic (exact) mass is 428 g/mol. The molecular weight excluding hydrogens is 403 g/mol. The summed E-state index contributed by atoms with van der Waals surface area (Å²) in [4.78, 5) is 16.1. The predicted molar refractivity (Wildman–Crippen MR) is 114 cm³/mol. The van der Waals surface area contributed by atoms with Crippen molar-refractivity contribution in [1.29, 1.82) is 0 Å². The molecular formula is C20H26Cl2N2O2S. The minimum atomic E-state index is -0.101. The first kappa shape index (κ1) is 22.0. The Morgan fingerprint density at radius 1 is 1.15 bits per heavy atom. The van der Waals surface area contributed by atoms with Gasteiger partial charge in [-0.1, -0.05) is 30.5 Å². The smallest absolute Gasteiger partial charge is 0.258 e. The predicted octanol–water partition coefficient (Wildman–Crippen LogP) is 4.94. The molecule has 1 N–H and O–H groups in total. The van der Waals surface area contributed by atoms with Crippen LogP contribution in [0.25, 0.3) is 0 Å². The maximum absolute atomic E-state index is 12.2. The molecule has 1 saturated heterocycles. The fourth-order valence-electron chi connectivity index (χ4n) is 3.24. The van der Waals surface area contributed by atoms with Gasteiger partial charge in [-0.05, 0) is 61.6 Å². The molecule has 3 rings (SSSR count). The van der Waals surface area contributed by atoms with E-state index in [9.17, 15) is 4.79 Å². The first-order valence-corrected chi connectivity index (χ1v) is 10.4. The number of hydrogen-bond donors (Lipinski definition) is 1. The summed E-state index contributed by atoms with van der Waals surface area (Å²) in [7, 11) is 0. The highest BCUT2D eigenvalue weighted by atomic mass is 35.5. The Hall–Kier alpha value is -1.27. The number of halogens is 2. The molecule has 2 heterocycles. The first-order valence-electron chi connectivity index (χ1n) is 9.15. The molecule has 0 bridgehead atoms. The van der Waals surface area contributed by atoms with Gasteiger partial charge in [-0.25, -0.2) is 0 Å². The summed E-state index contributed by atoms with van der Waals surface area (Å²) in [5.74, 6) is 0.545. The van der Waals surface area contributed by atoms with E-state index < -0.39 is 0 Å². The Morgan fingerprint density at radius 3 is 2.48 bits per heavy atom. The molecule has 1 amide bonds. The van der Waals surface area contributed by atoms with Crippen LogP contribution in [0.5, 0.6) is 5.75 Å². The molecule has 1 atom stereocenters. The molecule has 0 radical (unpaired) electrons. The minimum Gasteiger partial charge on any atom is -0.484 e. The van der Waals surface area contributed by atoms with Gasteiger partial charge in [0.2, 0.25) is 0 Å². The van der Waals surface area contributed by atoms with Crippen LogP contribution >= 0.6 is 35.3 Å². The molecule has 4 nitrogen and oxygen atoms in total. The van der Waals surface area contributed by atoms with Gasteiger partial charge in [-0.15, -0.1) is 23.7 Å². The normalized spacial score (nSPS) is 16.0. The van der Waals surface area contributed by atoms with Crippen molar-refractivity contribution in [2.45, 2.75) is 31.7 Å². The maximum atomic E-state index is 12.2. The second-order valence-electron chi connectivity index (χ2n) is 6.53. The van der Waals surface area contributed by atoms with Crippen LogP contribution in [0.1, 0.15) is 36.6 Å². The van der Waals surface area contributed by atoms with Crippen LogP contribution in [-0.2, 0) is 4.79 Å². The quantitative estimate of drug-likeness (QED) is 0.678. The number of likely N-dealkylation sites (tertiary alicyclic amines) is 1. The number of thiophene rings is 1. The number of nitrogens with one attached hydrogen (secondary N) is 1. The van der Waals surface area contributed by atoms with E-state index in [2.05, 4.69) is 27.7 Å². The van der Waals surface area contributed by atoms with Gasteiger partial charge < -0.3 is 10.1 Å². The highest BCUT2D eigenvalue weighted by molar-refractivity contribution is 7.10. The number of hydrogen-bond acceptors (Lipinski definition) is 4. The van der Waals surface area contributed by atoms with Crippen molar-refractivity contribution in [3.63, 3.8) is 0 Å². The lowest BCUT2D eigenvalue weighted by Gasteiger charge is -2.30. The Kier molecular flexibility index (Phi) is 9.42. The van der Waals surface area contributed by atoms with Gasteiger partial charge in [-0.3, -0.25) is 9.69 Å². The zero-order chi connectivity index (χ0) is 18.2. The Balaban J connectivity index is 0.00000261. The van der Waals surface area contributed by atoms with E-state index in [-0.39, 0.29) is 31.0 Å². The van der Waals surface area contributed by atoms with Gasteiger partial charge in [0.15, 0.2) is 6.61 Å². The molecule has 1 unspecified atom stereocenters. The molecule has 2 aromatic rings. The van der Waals surface area contributed by atoms with E-state index in [1.807, 2.05) is 0 Å². The average molecular weight is 429 g/mol. The molecule has 0 saturated carbocycles. The number of carbonyl (C=O) groups excluding carboxylic acids is 1. The summed E-state index contributed by atoms with van der Waals surface area (Å²) in [5, 5.41) is 5.80. The lowest BCUT2D eigenvalue weighted by Crippen LogP contribution is -2.39. The molecule has 0 spiro atoms. The van der Waals surface area contributed by atoms with E-state index in [0.29, 0.717) is 17.3 Å². The van der Waals surface area contributed by atoms with Crippen molar-refractivity contribution in [1.82, 2.24) is 10.2 Å². The van der Waals surface area contributed by atoms with Crippen LogP contribution in [0.2, 0.25) is 5.02 Å². The summed E-state index contributed by atoms with van der Waals surface area (Å²) < 4.78 is 5.53. The van der Waals surface area contributed by atoms with Crippen molar-refractivity contribution in [3.8, 4) is 5.75 Å². The number of amides is 1. The summed E-state index contributed by atoms with van der Waals surface area (Å²) >= 11 is 7.61. The van der Waals surface area contributed by atoms with Crippen LogP contribution in [0, 0.1) is 0 Å².